The third kappa shape index (κ3) is 7.06. The van der Waals surface area contributed by atoms with E-state index in [1.807, 2.05) is 0 Å². The summed E-state index contributed by atoms with van der Waals surface area (Å²) in [4.78, 5) is 21.9. The van der Waals surface area contributed by atoms with Crippen molar-refractivity contribution < 1.29 is 14.5 Å². The van der Waals surface area contributed by atoms with E-state index in [9.17, 15) is 14.9 Å². The van der Waals surface area contributed by atoms with E-state index in [0.29, 0.717) is 12.2 Å². The summed E-state index contributed by atoms with van der Waals surface area (Å²) < 4.78 is 5.05. The Bertz CT molecular complexity index is 477. The number of carbonyl (C=O) groups excluding carboxylic acids is 1. The molecule has 1 aromatic carbocycles. The first-order chi connectivity index (χ1) is 10.6. The molecule has 0 fully saturated rings. The van der Waals surface area contributed by atoms with E-state index in [2.05, 4.69) is 12.2 Å². The van der Waals surface area contributed by atoms with Gasteiger partial charge in [-0.1, -0.05) is 57.2 Å². The number of alkyl carbamates (subject to hydrolysis) is 1. The van der Waals surface area contributed by atoms with Gasteiger partial charge in [-0.3, -0.25) is 10.1 Å². The lowest BCUT2D eigenvalue weighted by molar-refractivity contribution is -0.385. The molecule has 1 N–H and O–H groups in total. The molecule has 22 heavy (non-hydrogen) atoms. The van der Waals surface area contributed by atoms with Gasteiger partial charge in [0.05, 0.1) is 18.1 Å². The van der Waals surface area contributed by atoms with Gasteiger partial charge >= 0.3 is 6.09 Å². The number of nitro benzene ring substituents is 1. The lowest BCUT2D eigenvalue weighted by Crippen LogP contribution is -2.24. The van der Waals surface area contributed by atoms with Gasteiger partial charge in [0.25, 0.3) is 5.69 Å². The fourth-order valence-corrected chi connectivity index (χ4v) is 2.10. The van der Waals surface area contributed by atoms with Gasteiger partial charge in [0.15, 0.2) is 0 Å². The first kappa shape index (κ1) is 17.9. The standard InChI is InChI=1S/C16H24N2O4/c1-2-3-4-5-6-9-12-22-16(19)17-13-14-10-7-8-11-15(14)18(20)21/h7-8,10-11H,2-6,9,12-13H2,1H3,(H,17,19). The van der Waals surface area contributed by atoms with Crippen LogP contribution in [0.5, 0.6) is 0 Å². The topological polar surface area (TPSA) is 81.5 Å². The predicted octanol–water partition coefficient (Wildman–Crippen LogP) is 4.18. The van der Waals surface area contributed by atoms with Crippen LogP contribution in [0.4, 0.5) is 10.5 Å². The summed E-state index contributed by atoms with van der Waals surface area (Å²) in [6.45, 7) is 2.64. The summed E-state index contributed by atoms with van der Waals surface area (Å²) in [5.41, 5.74) is 0.461. The maximum absolute atomic E-state index is 11.5. The van der Waals surface area contributed by atoms with Crippen molar-refractivity contribution in [3.05, 3.63) is 39.9 Å². The Kier molecular flexibility index (Phi) is 8.64. The molecule has 0 saturated carbocycles. The molecule has 0 aliphatic carbocycles. The van der Waals surface area contributed by atoms with Crippen LogP contribution in [0.1, 0.15) is 51.0 Å². The Hall–Kier alpha value is -2.11. The molecule has 0 spiro atoms. The molecule has 0 bridgehead atoms. The van der Waals surface area contributed by atoms with Crippen molar-refractivity contribution in [1.82, 2.24) is 5.32 Å². The average molecular weight is 308 g/mol. The molecule has 0 saturated heterocycles. The number of benzene rings is 1. The Morgan fingerprint density at radius 1 is 1.18 bits per heavy atom. The molecular weight excluding hydrogens is 284 g/mol. The summed E-state index contributed by atoms with van der Waals surface area (Å²) >= 11 is 0. The molecule has 0 aliphatic rings. The second-order valence-electron chi connectivity index (χ2n) is 5.14. The molecule has 6 nitrogen and oxygen atoms in total. The Labute approximate surface area is 131 Å². The maximum Gasteiger partial charge on any atom is 0.407 e. The molecule has 0 unspecified atom stereocenters. The highest BCUT2D eigenvalue weighted by atomic mass is 16.6. The highest BCUT2D eigenvalue weighted by Crippen LogP contribution is 2.17. The van der Waals surface area contributed by atoms with Gasteiger partial charge in [-0.25, -0.2) is 4.79 Å². The van der Waals surface area contributed by atoms with E-state index >= 15 is 0 Å². The molecule has 122 valence electrons. The van der Waals surface area contributed by atoms with Crippen LogP contribution in [0.3, 0.4) is 0 Å². The normalized spacial score (nSPS) is 10.2. The number of rotatable bonds is 10. The van der Waals surface area contributed by atoms with Gasteiger partial charge in [0.1, 0.15) is 0 Å². The molecule has 6 heteroatoms. The maximum atomic E-state index is 11.5. The van der Waals surface area contributed by atoms with E-state index in [1.165, 1.54) is 25.3 Å². The molecule has 1 amide bonds. The molecule has 0 aliphatic heterocycles. The highest BCUT2D eigenvalue weighted by molar-refractivity contribution is 5.67. The molecule has 1 rings (SSSR count). The number of nitro groups is 1. The minimum Gasteiger partial charge on any atom is -0.450 e. The van der Waals surface area contributed by atoms with Crippen LogP contribution >= 0.6 is 0 Å². The number of carbonyl (C=O) groups is 1. The minimum atomic E-state index is -0.535. The first-order valence-corrected chi connectivity index (χ1v) is 7.78. The average Bonchev–Trinajstić information content (AvgIpc) is 2.52. The third-order valence-electron chi connectivity index (χ3n) is 3.34. The summed E-state index contributed by atoms with van der Waals surface area (Å²) in [6.07, 6.45) is 6.21. The van der Waals surface area contributed by atoms with Crippen LogP contribution in [-0.4, -0.2) is 17.6 Å². The van der Waals surface area contributed by atoms with Crippen molar-refractivity contribution in [2.45, 2.75) is 52.0 Å². The van der Waals surface area contributed by atoms with E-state index < -0.39 is 11.0 Å². The number of amides is 1. The van der Waals surface area contributed by atoms with Crippen LogP contribution < -0.4 is 5.32 Å². The number of ether oxygens (including phenoxy) is 1. The van der Waals surface area contributed by atoms with Crippen molar-refractivity contribution in [2.24, 2.45) is 0 Å². The number of nitrogens with one attached hydrogen (secondary N) is 1. The van der Waals surface area contributed by atoms with Crippen molar-refractivity contribution >= 4 is 11.8 Å². The Morgan fingerprint density at radius 2 is 1.86 bits per heavy atom. The monoisotopic (exact) mass is 308 g/mol. The SMILES string of the molecule is CCCCCCCCOC(=O)NCc1ccccc1[N+](=O)[O-]. The first-order valence-electron chi connectivity index (χ1n) is 7.78. The zero-order valence-corrected chi connectivity index (χ0v) is 13.0. The Balaban J connectivity index is 2.20. The lowest BCUT2D eigenvalue weighted by Gasteiger charge is -2.07. The van der Waals surface area contributed by atoms with Crippen LogP contribution in [0.15, 0.2) is 24.3 Å². The van der Waals surface area contributed by atoms with E-state index in [4.69, 9.17) is 4.74 Å². The third-order valence-corrected chi connectivity index (χ3v) is 3.34. The second-order valence-corrected chi connectivity index (χ2v) is 5.14. The van der Waals surface area contributed by atoms with Crippen molar-refractivity contribution in [3.63, 3.8) is 0 Å². The molecule has 0 aromatic heterocycles. The van der Waals surface area contributed by atoms with Crippen molar-refractivity contribution in [1.29, 1.82) is 0 Å². The van der Waals surface area contributed by atoms with Gasteiger partial charge < -0.3 is 10.1 Å². The highest BCUT2D eigenvalue weighted by Gasteiger charge is 2.13. The smallest absolute Gasteiger partial charge is 0.407 e. The summed E-state index contributed by atoms with van der Waals surface area (Å²) in [5.74, 6) is 0. The van der Waals surface area contributed by atoms with Crippen LogP contribution in [0.25, 0.3) is 0 Å². The van der Waals surface area contributed by atoms with E-state index in [1.54, 1.807) is 18.2 Å². The number of hydrogen-bond acceptors (Lipinski definition) is 4. The molecule has 1 aromatic rings. The largest absolute Gasteiger partial charge is 0.450 e. The van der Waals surface area contributed by atoms with Crippen LogP contribution in [0.2, 0.25) is 0 Å². The zero-order chi connectivity index (χ0) is 16.2. The quantitative estimate of drug-likeness (QED) is 0.399. The molecule has 0 atom stereocenters. The van der Waals surface area contributed by atoms with E-state index in [0.717, 1.165) is 19.3 Å². The molecular formula is C16H24N2O4. The van der Waals surface area contributed by atoms with Crippen molar-refractivity contribution in [2.75, 3.05) is 6.61 Å². The number of hydrogen-bond donors (Lipinski definition) is 1. The van der Waals surface area contributed by atoms with E-state index in [-0.39, 0.29) is 12.2 Å². The fraction of sp³-hybridized carbons (Fsp3) is 0.562. The second kappa shape index (κ2) is 10.6. The van der Waals surface area contributed by atoms with Gasteiger partial charge in [0.2, 0.25) is 0 Å². The zero-order valence-electron chi connectivity index (χ0n) is 13.0. The minimum absolute atomic E-state index is 0.00118. The van der Waals surface area contributed by atoms with Gasteiger partial charge in [-0.15, -0.1) is 0 Å². The van der Waals surface area contributed by atoms with Gasteiger partial charge in [-0.2, -0.15) is 0 Å². The van der Waals surface area contributed by atoms with Gasteiger partial charge in [-0.05, 0) is 6.42 Å². The van der Waals surface area contributed by atoms with Crippen molar-refractivity contribution in [3.8, 4) is 0 Å². The predicted molar refractivity (Wildman–Crippen MR) is 84.7 cm³/mol. The number of para-hydroxylation sites is 1. The molecule has 0 radical (unpaired) electrons. The van der Waals surface area contributed by atoms with Crippen LogP contribution in [0, 0.1) is 10.1 Å². The van der Waals surface area contributed by atoms with Crippen LogP contribution in [-0.2, 0) is 11.3 Å². The fourth-order valence-electron chi connectivity index (χ4n) is 2.10. The summed E-state index contributed by atoms with van der Waals surface area (Å²) in [6, 6.07) is 6.33. The summed E-state index contributed by atoms with van der Waals surface area (Å²) in [5, 5.41) is 13.4. The Morgan fingerprint density at radius 3 is 2.59 bits per heavy atom. The lowest BCUT2D eigenvalue weighted by atomic mass is 10.1. The number of nitrogens with zero attached hydrogens (tertiary/aromatic N) is 1. The summed E-state index contributed by atoms with van der Waals surface area (Å²) in [7, 11) is 0. The number of unbranched alkanes of at least 4 members (excludes halogenated alkanes) is 5. The molecule has 0 heterocycles. The van der Waals surface area contributed by atoms with Gasteiger partial charge in [0, 0.05) is 11.6 Å².